The van der Waals surface area contributed by atoms with Crippen LogP contribution in [0, 0.1) is 0 Å². The molecule has 1 aliphatic rings. The molecule has 6 heteroatoms. The van der Waals surface area contributed by atoms with E-state index in [1.807, 2.05) is 0 Å². The van der Waals surface area contributed by atoms with E-state index in [1.165, 1.54) is 11.3 Å². The molecule has 16 heavy (non-hydrogen) atoms. The van der Waals surface area contributed by atoms with E-state index in [-0.39, 0.29) is 11.9 Å². The summed E-state index contributed by atoms with van der Waals surface area (Å²) in [7, 11) is 0. The topological polar surface area (TPSA) is 84.2 Å². The molecule has 1 aromatic rings. The van der Waals surface area contributed by atoms with E-state index >= 15 is 0 Å². The first-order chi connectivity index (χ1) is 7.68. The molecule has 0 aromatic carbocycles. The highest BCUT2D eigenvalue weighted by Gasteiger charge is 2.23. The van der Waals surface area contributed by atoms with Gasteiger partial charge in [0.2, 0.25) is 5.91 Å². The minimum absolute atomic E-state index is 0.0950. The second-order valence-electron chi connectivity index (χ2n) is 3.67. The second-order valence-corrected chi connectivity index (χ2v) is 4.58. The lowest BCUT2D eigenvalue weighted by Crippen LogP contribution is -2.35. The lowest BCUT2D eigenvalue weighted by Gasteiger charge is -2.10. The van der Waals surface area contributed by atoms with Crippen molar-refractivity contribution >= 4 is 28.2 Å². The molecule has 86 valence electrons. The van der Waals surface area contributed by atoms with Crippen molar-refractivity contribution in [2.45, 2.75) is 18.9 Å². The summed E-state index contributed by atoms with van der Waals surface area (Å²) in [6.07, 6.45) is 1.84. The van der Waals surface area contributed by atoms with Crippen LogP contribution in [0.2, 0.25) is 0 Å². The first-order valence-electron chi connectivity index (χ1n) is 5.10. The zero-order chi connectivity index (χ0) is 11.5. The van der Waals surface area contributed by atoms with E-state index in [2.05, 4.69) is 10.6 Å². The Hall–Kier alpha value is -1.40. The van der Waals surface area contributed by atoms with Crippen LogP contribution in [0.1, 0.15) is 23.2 Å². The van der Waals surface area contributed by atoms with E-state index in [0.717, 1.165) is 19.4 Å². The zero-order valence-corrected chi connectivity index (χ0v) is 9.47. The minimum Gasteiger partial charge on any atom is -0.366 e. The van der Waals surface area contributed by atoms with Gasteiger partial charge in [0.25, 0.3) is 5.91 Å². The molecule has 2 rings (SSSR count). The zero-order valence-electron chi connectivity index (χ0n) is 8.66. The molecular weight excluding hydrogens is 226 g/mol. The lowest BCUT2D eigenvalue weighted by atomic mass is 10.2. The predicted octanol–water partition coefficient (Wildman–Crippen LogP) is 0.537. The van der Waals surface area contributed by atoms with Gasteiger partial charge in [-0.1, -0.05) is 0 Å². The number of hydrogen-bond donors (Lipinski definition) is 3. The highest BCUT2D eigenvalue weighted by atomic mass is 32.1. The largest absolute Gasteiger partial charge is 0.366 e. The maximum absolute atomic E-state index is 11.8. The summed E-state index contributed by atoms with van der Waals surface area (Å²) in [5, 5.41) is 8.09. The van der Waals surface area contributed by atoms with Crippen molar-refractivity contribution in [3.63, 3.8) is 0 Å². The van der Waals surface area contributed by atoms with Crippen molar-refractivity contribution in [2.75, 3.05) is 11.9 Å². The van der Waals surface area contributed by atoms with Gasteiger partial charge in [-0.2, -0.15) is 0 Å². The maximum atomic E-state index is 11.8. The smallest absolute Gasteiger partial charge is 0.251 e. The predicted molar refractivity (Wildman–Crippen MR) is 62.5 cm³/mol. The van der Waals surface area contributed by atoms with E-state index in [0.29, 0.717) is 10.6 Å². The van der Waals surface area contributed by atoms with Crippen LogP contribution >= 0.6 is 11.3 Å². The second kappa shape index (κ2) is 4.63. The number of amides is 2. The standard InChI is InChI=1S/C10H13N3O2S/c11-8(14)6-3-5-16-10(6)13-9(15)7-2-1-4-12-7/h3,5,7,12H,1-2,4H2,(H2,11,14)(H,13,15)/t7-/m1/s1. The molecule has 2 amide bonds. The van der Waals surface area contributed by atoms with Crippen LogP contribution < -0.4 is 16.4 Å². The number of carbonyl (C=O) groups is 2. The van der Waals surface area contributed by atoms with E-state index < -0.39 is 5.91 Å². The first-order valence-corrected chi connectivity index (χ1v) is 5.98. The Bertz CT molecular complexity index is 410. The average Bonchev–Trinajstić information content (AvgIpc) is 2.86. The third kappa shape index (κ3) is 2.23. The summed E-state index contributed by atoms with van der Waals surface area (Å²) >= 11 is 1.30. The fraction of sp³-hybridized carbons (Fsp3) is 0.400. The van der Waals surface area contributed by atoms with Crippen molar-refractivity contribution in [3.05, 3.63) is 17.0 Å². The third-order valence-corrected chi connectivity index (χ3v) is 3.37. The highest BCUT2D eigenvalue weighted by molar-refractivity contribution is 7.14. The number of nitrogens with two attached hydrogens (primary N) is 1. The summed E-state index contributed by atoms with van der Waals surface area (Å²) < 4.78 is 0. The quantitative estimate of drug-likeness (QED) is 0.719. The molecule has 0 radical (unpaired) electrons. The summed E-state index contributed by atoms with van der Waals surface area (Å²) in [6, 6.07) is 1.47. The van der Waals surface area contributed by atoms with E-state index in [1.54, 1.807) is 11.4 Å². The summed E-state index contributed by atoms with van der Waals surface area (Å²) in [5.74, 6) is -0.613. The molecule has 0 saturated carbocycles. The molecule has 1 fully saturated rings. The SMILES string of the molecule is NC(=O)c1ccsc1NC(=O)[C@H]1CCCN1. The van der Waals surface area contributed by atoms with Gasteiger partial charge in [-0.15, -0.1) is 11.3 Å². The van der Waals surface area contributed by atoms with E-state index in [4.69, 9.17) is 5.73 Å². The van der Waals surface area contributed by atoms with Crippen molar-refractivity contribution in [3.8, 4) is 0 Å². The van der Waals surface area contributed by atoms with Crippen LogP contribution in [0.15, 0.2) is 11.4 Å². The summed E-state index contributed by atoms with van der Waals surface area (Å²) in [4.78, 5) is 22.8. The van der Waals surface area contributed by atoms with Crippen LogP contribution in [0.5, 0.6) is 0 Å². The fourth-order valence-electron chi connectivity index (χ4n) is 1.71. The minimum atomic E-state index is -0.518. The maximum Gasteiger partial charge on any atom is 0.251 e. The molecule has 1 saturated heterocycles. The molecule has 0 spiro atoms. The van der Waals surface area contributed by atoms with Crippen LogP contribution in [-0.2, 0) is 4.79 Å². The van der Waals surface area contributed by atoms with Gasteiger partial charge >= 0.3 is 0 Å². The van der Waals surface area contributed by atoms with Crippen LogP contribution in [0.3, 0.4) is 0 Å². The fourth-order valence-corrected chi connectivity index (χ4v) is 2.50. The van der Waals surface area contributed by atoms with Gasteiger partial charge in [-0.25, -0.2) is 0 Å². The van der Waals surface area contributed by atoms with Crippen molar-refractivity contribution < 1.29 is 9.59 Å². The number of thiophene rings is 1. The molecular formula is C10H13N3O2S. The Kier molecular flexibility index (Phi) is 3.21. The normalized spacial score (nSPS) is 19.6. The monoisotopic (exact) mass is 239 g/mol. The van der Waals surface area contributed by atoms with Crippen molar-refractivity contribution in [1.29, 1.82) is 0 Å². The molecule has 0 unspecified atom stereocenters. The Morgan fingerprint density at radius 2 is 2.38 bits per heavy atom. The molecule has 2 heterocycles. The third-order valence-electron chi connectivity index (χ3n) is 2.54. The van der Waals surface area contributed by atoms with Crippen molar-refractivity contribution in [1.82, 2.24) is 5.32 Å². The molecule has 5 nitrogen and oxygen atoms in total. The lowest BCUT2D eigenvalue weighted by molar-refractivity contribution is -0.117. The number of nitrogens with one attached hydrogen (secondary N) is 2. The number of primary amides is 1. The molecule has 0 aliphatic carbocycles. The molecule has 1 aromatic heterocycles. The molecule has 4 N–H and O–H groups in total. The highest BCUT2D eigenvalue weighted by Crippen LogP contribution is 2.23. The number of hydrogen-bond acceptors (Lipinski definition) is 4. The summed E-state index contributed by atoms with van der Waals surface area (Å²) in [6.45, 7) is 0.866. The Morgan fingerprint density at radius 3 is 3.00 bits per heavy atom. The molecule has 1 atom stereocenters. The van der Waals surface area contributed by atoms with Gasteiger partial charge in [0.05, 0.1) is 11.6 Å². The van der Waals surface area contributed by atoms with Crippen molar-refractivity contribution in [2.24, 2.45) is 5.73 Å². The number of anilines is 1. The van der Waals surface area contributed by atoms with Crippen LogP contribution in [-0.4, -0.2) is 24.4 Å². The summed E-state index contributed by atoms with van der Waals surface area (Å²) in [5.41, 5.74) is 5.56. The Balaban J connectivity index is 2.05. The van der Waals surface area contributed by atoms with Gasteiger partial charge in [0.1, 0.15) is 5.00 Å². The molecule has 0 bridgehead atoms. The Morgan fingerprint density at radius 1 is 1.56 bits per heavy atom. The van der Waals surface area contributed by atoms with E-state index in [9.17, 15) is 9.59 Å². The van der Waals surface area contributed by atoms with Gasteiger partial charge in [-0.3, -0.25) is 9.59 Å². The van der Waals surface area contributed by atoms with Crippen LogP contribution in [0.4, 0.5) is 5.00 Å². The van der Waals surface area contributed by atoms with Crippen LogP contribution in [0.25, 0.3) is 0 Å². The van der Waals surface area contributed by atoms with Gasteiger partial charge in [-0.05, 0) is 30.8 Å². The number of carbonyl (C=O) groups excluding carboxylic acids is 2. The van der Waals surface area contributed by atoms with Gasteiger partial charge in [0, 0.05) is 0 Å². The van der Waals surface area contributed by atoms with Gasteiger partial charge < -0.3 is 16.4 Å². The molecule has 1 aliphatic heterocycles. The number of rotatable bonds is 3. The Labute approximate surface area is 97.0 Å². The first kappa shape index (κ1) is 11.1. The van der Waals surface area contributed by atoms with Gasteiger partial charge in [0.15, 0.2) is 0 Å². The average molecular weight is 239 g/mol.